The Bertz CT molecular complexity index is 840. The van der Waals surface area contributed by atoms with Gasteiger partial charge >= 0.3 is 24.3 Å². The second-order valence-electron chi connectivity index (χ2n) is 9.49. The highest BCUT2D eigenvalue weighted by atomic mass is 32.1. The molecule has 3 saturated heterocycles. The molecule has 4 heterocycles. The van der Waals surface area contributed by atoms with Gasteiger partial charge in [0.25, 0.3) is 0 Å². The van der Waals surface area contributed by atoms with Crippen LogP contribution >= 0.6 is 11.3 Å². The molecular weight excluding hydrogens is 546 g/mol. The highest BCUT2D eigenvalue weighted by Crippen LogP contribution is 2.35. The molecule has 1 atom stereocenters. The lowest BCUT2D eigenvalue weighted by Crippen LogP contribution is -2.43. The lowest BCUT2D eigenvalue weighted by molar-refractivity contribution is -0.193. The van der Waals surface area contributed by atoms with E-state index in [9.17, 15) is 26.3 Å². The average molecular weight is 579 g/mol. The molecule has 0 aromatic carbocycles. The zero-order valence-corrected chi connectivity index (χ0v) is 21.4. The van der Waals surface area contributed by atoms with E-state index in [4.69, 9.17) is 29.3 Å². The van der Waals surface area contributed by atoms with E-state index in [1.54, 1.807) is 0 Å². The zero-order valence-electron chi connectivity index (χ0n) is 20.6. The largest absolute Gasteiger partial charge is 0.490 e. The highest BCUT2D eigenvalue weighted by molar-refractivity contribution is 7.09. The van der Waals surface area contributed by atoms with Gasteiger partial charge in [0.15, 0.2) is 0 Å². The van der Waals surface area contributed by atoms with Crippen molar-refractivity contribution in [2.45, 2.75) is 38.2 Å². The molecule has 1 unspecified atom stereocenters. The molecule has 3 fully saturated rings. The predicted octanol–water partition coefficient (Wildman–Crippen LogP) is 3.97. The number of hydrogen-bond donors (Lipinski definition) is 2. The van der Waals surface area contributed by atoms with E-state index >= 15 is 0 Å². The molecule has 8 nitrogen and oxygen atoms in total. The van der Waals surface area contributed by atoms with E-state index in [1.165, 1.54) is 50.3 Å². The van der Waals surface area contributed by atoms with E-state index in [0.29, 0.717) is 5.41 Å². The SMILES string of the molecule is O=C(O)C(F)(F)F.O=C(O)C(F)(F)F.c1csc(CN2CCC3(COCCN(CC4CCOCC4)C3)C2)c1. The Morgan fingerprint density at radius 3 is 2.05 bits per heavy atom. The number of carboxylic acids is 2. The Labute approximate surface area is 220 Å². The van der Waals surface area contributed by atoms with Gasteiger partial charge in [-0.1, -0.05) is 6.07 Å². The molecule has 0 saturated carbocycles. The van der Waals surface area contributed by atoms with Crippen molar-refractivity contribution >= 4 is 23.3 Å². The zero-order chi connectivity index (χ0) is 28.4. The number of nitrogens with zero attached hydrogens (tertiary/aromatic N) is 2. The van der Waals surface area contributed by atoms with Crippen LogP contribution in [0.1, 0.15) is 24.1 Å². The second kappa shape index (κ2) is 14.4. The van der Waals surface area contributed by atoms with Crippen LogP contribution in [-0.2, 0) is 25.6 Å². The van der Waals surface area contributed by atoms with Gasteiger partial charge in [0.1, 0.15) is 0 Å². The molecule has 218 valence electrons. The number of thiophene rings is 1. The predicted molar refractivity (Wildman–Crippen MR) is 125 cm³/mol. The first kappa shape index (κ1) is 32.3. The van der Waals surface area contributed by atoms with E-state index in [1.807, 2.05) is 11.3 Å². The summed E-state index contributed by atoms with van der Waals surface area (Å²) in [6.07, 6.45) is -6.42. The number of hydrogen-bond acceptors (Lipinski definition) is 7. The Balaban J connectivity index is 0.000000301. The van der Waals surface area contributed by atoms with Crippen molar-refractivity contribution in [3.63, 3.8) is 0 Å². The van der Waals surface area contributed by atoms with Crippen molar-refractivity contribution in [3.8, 4) is 0 Å². The summed E-state index contributed by atoms with van der Waals surface area (Å²) in [4.78, 5) is 24.6. The molecule has 1 aromatic heterocycles. The maximum Gasteiger partial charge on any atom is 0.490 e. The summed E-state index contributed by atoms with van der Waals surface area (Å²) in [5.74, 6) is -4.70. The van der Waals surface area contributed by atoms with Crippen LogP contribution < -0.4 is 0 Å². The summed E-state index contributed by atoms with van der Waals surface area (Å²) in [7, 11) is 0. The van der Waals surface area contributed by atoms with Crippen LogP contribution in [0.4, 0.5) is 26.3 Å². The van der Waals surface area contributed by atoms with Gasteiger partial charge in [-0.25, -0.2) is 9.59 Å². The average Bonchev–Trinajstić information content (AvgIpc) is 3.42. The third-order valence-electron chi connectivity index (χ3n) is 6.34. The molecule has 38 heavy (non-hydrogen) atoms. The van der Waals surface area contributed by atoms with Crippen molar-refractivity contribution in [2.75, 3.05) is 59.2 Å². The highest BCUT2D eigenvalue weighted by Gasteiger charge is 2.41. The third kappa shape index (κ3) is 11.4. The Morgan fingerprint density at radius 1 is 0.947 bits per heavy atom. The molecule has 1 spiro atoms. The quantitative estimate of drug-likeness (QED) is 0.518. The normalized spacial score (nSPS) is 23.6. The third-order valence-corrected chi connectivity index (χ3v) is 7.20. The van der Waals surface area contributed by atoms with Crippen LogP contribution in [0.3, 0.4) is 0 Å². The Morgan fingerprint density at radius 2 is 1.53 bits per heavy atom. The van der Waals surface area contributed by atoms with Crippen molar-refractivity contribution in [2.24, 2.45) is 11.3 Å². The molecule has 1 aromatic rings. The fourth-order valence-corrected chi connectivity index (χ4v) is 5.31. The van der Waals surface area contributed by atoms with Crippen LogP contribution in [0.15, 0.2) is 17.5 Å². The van der Waals surface area contributed by atoms with E-state index in [-0.39, 0.29) is 0 Å². The van der Waals surface area contributed by atoms with Crippen molar-refractivity contribution in [1.29, 1.82) is 0 Å². The number of rotatable bonds is 4. The number of alkyl halides is 6. The van der Waals surface area contributed by atoms with E-state index < -0.39 is 24.3 Å². The molecule has 0 radical (unpaired) electrons. The minimum Gasteiger partial charge on any atom is -0.475 e. The Hall–Kier alpha value is -1.94. The van der Waals surface area contributed by atoms with Gasteiger partial charge in [-0.15, -0.1) is 11.3 Å². The molecule has 3 aliphatic heterocycles. The van der Waals surface area contributed by atoms with Gasteiger partial charge in [-0.05, 0) is 43.2 Å². The number of carbonyl (C=O) groups is 2. The fraction of sp³-hybridized carbons (Fsp3) is 0.739. The molecule has 3 aliphatic rings. The number of ether oxygens (including phenoxy) is 2. The monoisotopic (exact) mass is 578 g/mol. The van der Waals surface area contributed by atoms with Crippen LogP contribution in [0.2, 0.25) is 0 Å². The maximum absolute atomic E-state index is 10.6. The number of carboxylic acid groups (broad SMARTS) is 2. The Kier molecular flexibility index (Phi) is 12.3. The molecule has 2 N–H and O–H groups in total. The first-order valence-electron chi connectivity index (χ1n) is 11.9. The van der Waals surface area contributed by atoms with Gasteiger partial charge in [-0.2, -0.15) is 26.3 Å². The smallest absolute Gasteiger partial charge is 0.475 e. The molecule has 0 bridgehead atoms. The number of likely N-dealkylation sites (tertiary alicyclic amines) is 1. The van der Waals surface area contributed by atoms with Gasteiger partial charge in [0.2, 0.25) is 0 Å². The lowest BCUT2D eigenvalue weighted by atomic mass is 9.87. The second-order valence-corrected chi connectivity index (χ2v) is 10.5. The van der Waals surface area contributed by atoms with Crippen LogP contribution in [0.5, 0.6) is 0 Å². The summed E-state index contributed by atoms with van der Waals surface area (Å²) < 4.78 is 75.0. The topological polar surface area (TPSA) is 99.5 Å². The minimum absolute atomic E-state index is 0.346. The van der Waals surface area contributed by atoms with Crippen LogP contribution in [-0.4, -0.2) is 103 Å². The van der Waals surface area contributed by atoms with E-state index in [2.05, 4.69) is 27.3 Å². The first-order chi connectivity index (χ1) is 17.7. The summed E-state index contributed by atoms with van der Waals surface area (Å²) >= 11 is 1.88. The van der Waals surface area contributed by atoms with Crippen molar-refractivity contribution in [1.82, 2.24) is 9.80 Å². The standard InChI is InChI=1S/C19H30N2O2S.2C2HF3O2/c1-2-18(24-11-1)13-20-6-5-19(14-20)15-21(7-10-23-16-19)12-17-3-8-22-9-4-17;2*3-2(4,5)1(6)7/h1-2,11,17H,3-10,12-16H2;2*(H,6,7). The number of halogens is 6. The summed E-state index contributed by atoms with van der Waals surface area (Å²) in [6.45, 7) is 10.8. The molecule has 0 aliphatic carbocycles. The van der Waals surface area contributed by atoms with Gasteiger partial charge in [0, 0.05) is 56.2 Å². The van der Waals surface area contributed by atoms with Crippen LogP contribution in [0, 0.1) is 11.3 Å². The van der Waals surface area contributed by atoms with Crippen molar-refractivity contribution in [3.05, 3.63) is 22.4 Å². The lowest BCUT2D eigenvalue weighted by Gasteiger charge is -2.34. The summed E-state index contributed by atoms with van der Waals surface area (Å²) in [6, 6.07) is 4.42. The van der Waals surface area contributed by atoms with Gasteiger partial charge in [0.05, 0.1) is 13.2 Å². The fourth-order valence-electron chi connectivity index (χ4n) is 4.56. The molecule has 15 heteroatoms. The van der Waals surface area contributed by atoms with Crippen molar-refractivity contribution < 1.29 is 55.6 Å². The molecule has 0 amide bonds. The number of aliphatic carboxylic acids is 2. The van der Waals surface area contributed by atoms with Crippen LogP contribution in [0.25, 0.3) is 0 Å². The molecular formula is C23H32F6N2O6S. The van der Waals surface area contributed by atoms with Gasteiger partial charge in [-0.3, -0.25) is 4.90 Å². The molecule has 4 rings (SSSR count). The van der Waals surface area contributed by atoms with Gasteiger partial charge < -0.3 is 24.6 Å². The summed E-state index contributed by atoms with van der Waals surface area (Å²) in [5.41, 5.74) is 0.346. The van der Waals surface area contributed by atoms with E-state index in [0.717, 1.165) is 45.4 Å². The maximum atomic E-state index is 10.6. The first-order valence-corrected chi connectivity index (χ1v) is 12.8. The summed E-state index contributed by atoms with van der Waals surface area (Å²) in [5, 5.41) is 16.4. The minimum atomic E-state index is -5.08.